The van der Waals surface area contributed by atoms with E-state index in [1.807, 2.05) is 0 Å². The number of carbonyl (C=O) groups is 2. The molecular formula is C14H15F3N2O3. The fourth-order valence-electron chi connectivity index (χ4n) is 2.09. The number of hydrogen-bond acceptors (Lipinski definition) is 3. The Morgan fingerprint density at radius 2 is 2.18 bits per heavy atom. The van der Waals surface area contributed by atoms with Crippen molar-refractivity contribution in [2.75, 3.05) is 18.9 Å². The lowest BCUT2D eigenvalue weighted by molar-refractivity contribution is -0.137. The molecule has 1 aliphatic rings. The number of amides is 2. The van der Waals surface area contributed by atoms with Gasteiger partial charge in [0.2, 0.25) is 5.91 Å². The van der Waals surface area contributed by atoms with Crippen molar-refractivity contribution >= 4 is 17.7 Å². The summed E-state index contributed by atoms with van der Waals surface area (Å²) < 4.78 is 42.7. The summed E-state index contributed by atoms with van der Waals surface area (Å²) in [5.74, 6) is -0.426. The Morgan fingerprint density at radius 1 is 1.45 bits per heavy atom. The van der Waals surface area contributed by atoms with E-state index < -0.39 is 23.7 Å². The summed E-state index contributed by atoms with van der Waals surface area (Å²) in [5.41, 5.74) is -0.739. The lowest BCUT2D eigenvalue weighted by atomic mass is 10.1. The molecule has 1 unspecified atom stereocenters. The van der Waals surface area contributed by atoms with Gasteiger partial charge >= 0.3 is 12.3 Å². The van der Waals surface area contributed by atoms with Crippen LogP contribution in [0.1, 0.15) is 18.4 Å². The first kappa shape index (κ1) is 16.1. The van der Waals surface area contributed by atoms with Gasteiger partial charge in [0.1, 0.15) is 6.10 Å². The third-order valence-corrected chi connectivity index (χ3v) is 3.22. The number of rotatable bonds is 4. The molecule has 1 aliphatic heterocycles. The Bertz CT molecular complexity index is 575. The van der Waals surface area contributed by atoms with Crippen LogP contribution in [0.5, 0.6) is 0 Å². The molecule has 8 heteroatoms. The fourth-order valence-corrected chi connectivity index (χ4v) is 2.09. The third-order valence-electron chi connectivity index (χ3n) is 3.22. The second-order valence-electron chi connectivity index (χ2n) is 5.05. The second kappa shape index (κ2) is 6.25. The Morgan fingerprint density at radius 3 is 2.77 bits per heavy atom. The van der Waals surface area contributed by atoms with E-state index in [-0.39, 0.29) is 18.2 Å². The maximum Gasteiger partial charge on any atom is 0.416 e. The van der Waals surface area contributed by atoms with Crippen LogP contribution >= 0.6 is 0 Å². The van der Waals surface area contributed by atoms with Crippen molar-refractivity contribution in [1.82, 2.24) is 4.90 Å². The van der Waals surface area contributed by atoms with E-state index in [0.717, 1.165) is 12.1 Å². The lowest BCUT2D eigenvalue weighted by Gasteiger charge is -2.11. The van der Waals surface area contributed by atoms with Gasteiger partial charge in [0.25, 0.3) is 0 Å². The Balaban J connectivity index is 1.86. The molecule has 0 bridgehead atoms. The van der Waals surface area contributed by atoms with Gasteiger partial charge in [-0.1, -0.05) is 6.07 Å². The van der Waals surface area contributed by atoms with Gasteiger partial charge in [0.05, 0.1) is 12.1 Å². The zero-order chi connectivity index (χ0) is 16.3. The third kappa shape index (κ3) is 4.12. The van der Waals surface area contributed by atoms with Crippen LogP contribution in [0.15, 0.2) is 24.3 Å². The maximum atomic E-state index is 12.6. The predicted molar refractivity (Wildman–Crippen MR) is 72.2 cm³/mol. The molecule has 1 saturated heterocycles. The number of benzene rings is 1. The molecule has 1 atom stereocenters. The highest BCUT2D eigenvalue weighted by molar-refractivity contribution is 5.90. The van der Waals surface area contributed by atoms with Crippen LogP contribution in [-0.2, 0) is 15.7 Å². The van der Waals surface area contributed by atoms with Crippen molar-refractivity contribution in [3.05, 3.63) is 29.8 Å². The van der Waals surface area contributed by atoms with Gasteiger partial charge < -0.3 is 15.0 Å². The van der Waals surface area contributed by atoms with E-state index >= 15 is 0 Å². The molecule has 0 saturated carbocycles. The average molecular weight is 316 g/mol. The van der Waals surface area contributed by atoms with Gasteiger partial charge in [-0.25, -0.2) is 4.79 Å². The molecule has 1 N–H and O–H groups in total. The first-order chi connectivity index (χ1) is 10.3. The van der Waals surface area contributed by atoms with Crippen LogP contribution in [0.4, 0.5) is 23.7 Å². The molecule has 120 valence electrons. The number of nitrogens with zero attached hydrogens (tertiary/aromatic N) is 1. The van der Waals surface area contributed by atoms with Crippen LogP contribution in [0.2, 0.25) is 0 Å². The van der Waals surface area contributed by atoms with Crippen LogP contribution in [0, 0.1) is 0 Å². The minimum absolute atomic E-state index is 0.0576. The molecule has 0 spiro atoms. The van der Waals surface area contributed by atoms with E-state index in [1.54, 1.807) is 7.05 Å². The maximum absolute atomic E-state index is 12.6. The summed E-state index contributed by atoms with van der Waals surface area (Å²) in [6.07, 6.45) is -4.89. The van der Waals surface area contributed by atoms with Crippen molar-refractivity contribution in [2.45, 2.75) is 25.1 Å². The predicted octanol–water partition coefficient (Wildman–Crippen LogP) is 2.87. The topological polar surface area (TPSA) is 58.6 Å². The Labute approximate surface area is 125 Å². The summed E-state index contributed by atoms with van der Waals surface area (Å²) >= 11 is 0. The molecule has 0 aromatic heterocycles. The normalized spacial score (nSPS) is 18.3. The van der Waals surface area contributed by atoms with Crippen molar-refractivity contribution in [2.24, 2.45) is 0 Å². The summed E-state index contributed by atoms with van der Waals surface area (Å²) in [6, 6.07) is 4.42. The van der Waals surface area contributed by atoms with Gasteiger partial charge in [-0.2, -0.15) is 13.2 Å². The molecule has 1 aromatic carbocycles. The van der Waals surface area contributed by atoms with Crippen molar-refractivity contribution in [3.8, 4) is 0 Å². The number of likely N-dealkylation sites (N-methyl/N-ethyl adjacent to an activating group) is 1. The van der Waals surface area contributed by atoms with Crippen LogP contribution < -0.4 is 5.32 Å². The fraction of sp³-hybridized carbons (Fsp3) is 0.429. The largest absolute Gasteiger partial charge is 0.444 e. The van der Waals surface area contributed by atoms with E-state index in [4.69, 9.17) is 4.74 Å². The monoisotopic (exact) mass is 316 g/mol. The van der Waals surface area contributed by atoms with Gasteiger partial charge in [0, 0.05) is 19.2 Å². The number of anilines is 1. The minimum atomic E-state index is -4.45. The molecule has 22 heavy (non-hydrogen) atoms. The van der Waals surface area contributed by atoms with E-state index in [2.05, 4.69) is 5.32 Å². The van der Waals surface area contributed by atoms with Gasteiger partial charge in [-0.15, -0.1) is 0 Å². The first-order valence-electron chi connectivity index (χ1n) is 6.64. The zero-order valence-corrected chi connectivity index (χ0v) is 11.8. The molecule has 5 nitrogen and oxygen atoms in total. The number of alkyl halides is 3. The second-order valence-corrected chi connectivity index (χ2v) is 5.05. The van der Waals surface area contributed by atoms with Crippen LogP contribution in [-0.4, -0.2) is 36.6 Å². The molecule has 1 fully saturated rings. The van der Waals surface area contributed by atoms with Crippen LogP contribution in [0.3, 0.4) is 0 Å². The van der Waals surface area contributed by atoms with Crippen LogP contribution in [0.25, 0.3) is 0 Å². The Kier molecular flexibility index (Phi) is 4.58. The smallest absolute Gasteiger partial charge is 0.416 e. The van der Waals surface area contributed by atoms with Crippen molar-refractivity contribution in [3.63, 3.8) is 0 Å². The van der Waals surface area contributed by atoms with Crippen molar-refractivity contribution < 1.29 is 27.5 Å². The number of halogens is 3. The SMILES string of the molecule is CN1CC(CCC(=O)Nc2cccc(C(F)(F)F)c2)OC1=O. The minimum Gasteiger partial charge on any atom is -0.444 e. The number of carbonyl (C=O) groups excluding carboxylic acids is 2. The van der Waals surface area contributed by atoms with Crippen molar-refractivity contribution in [1.29, 1.82) is 0 Å². The first-order valence-corrected chi connectivity index (χ1v) is 6.64. The highest BCUT2D eigenvalue weighted by atomic mass is 19.4. The van der Waals surface area contributed by atoms with Gasteiger partial charge in [-0.3, -0.25) is 4.79 Å². The highest BCUT2D eigenvalue weighted by Gasteiger charge is 2.31. The average Bonchev–Trinajstić information content (AvgIpc) is 2.75. The van der Waals surface area contributed by atoms with E-state index in [1.165, 1.54) is 17.0 Å². The number of hydrogen-bond donors (Lipinski definition) is 1. The van der Waals surface area contributed by atoms with Gasteiger partial charge in [0.15, 0.2) is 0 Å². The molecular weight excluding hydrogens is 301 g/mol. The quantitative estimate of drug-likeness (QED) is 0.929. The van der Waals surface area contributed by atoms with Gasteiger partial charge in [-0.05, 0) is 24.6 Å². The highest BCUT2D eigenvalue weighted by Crippen LogP contribution is 2.30. The molecule has 2 amide bonds. The summed E-state index contributed by atoms with van der Waals surface area (Å²) in [4.78, 5) is 24.3. The standard InChI is InChI=1S/C14H15F3N2O3/c1-19-8-11(22-13(19)21)5-6-12(20)18-10-4-2-3-9(7-10)14(15,16)17/h2-4,7,11H,5-6,8H2,1H3,(H,18,20). The Hall–Kier alpha value is -2.25. The number of cyclic esters (lactones) is 1. The molecule has 2 rings (SSSR count). The number of ether oxygens (including phenoxy) is 1. The summed E-state index contributed by atoms with van der Waals surface area (Å²) in [5, 5.41) is 2.41. The summed E-state index contributed by atoms with van der Waals surface area (Å²) in [6.45, 7) is 0.398. The zero-order valence-electron chi connectivity index (χ0n) is 11.8. The summed E-state index contributed by atoms with van der Waals surface area (Å²) in [7, 11) is 1.59. The lowest BCUT2D eigenvalue weighted by Crippen LogP contribution is -2.20. The molecule has 1 heterocycles. The molecule has 0 radical (unpaired) electrons. The molecule has 1 aromatic rings. The van der Waals surface area contributed by atoms with E-state index in [0.29, 0.717) is 13.0 Å². The number of nitrogens with one attached hydrogen (secondary N) is 1. The van der Waals surface area contributed by atoms with E-state index in [9.17, 15) is 22.8 Å². The molecule has 0 aliphatic carbocycles.